The Morgan fingerprint density at radius 2 is 1.58 bits per heavy atom. The van der Waals surface area contributed by atoms with E-state index >= 15 is 0 Å². The van der Waals surface area contributed by atoms with Crippen molar-refractivity contribution in [2.75, 3.05) is 0 Å². The normalized spacial score (nSPS) is 12.5. The second-order valence-electron chi connectivity index (χ2n) is 4.22. The Hall–Kier alpha value is -1.52. The molecular weight excluding hydrogens is 277 g/mol. The van der Waals surface area contributed by atoms with Crippen LogP contribution in [0, 0.1) is 24.4 Å². The molecule has 0 bridgehead atoms. The molecule has 0 fully saturated rings. The molecule has 0 radical (unpaired) electrons. The Bertz CT molecular complexity index is 628. The summed E-state index contributed by atoms with van der Waals surface area (Å²) in [4.78, 5) is 0. The third-order valence-electron chi connectivity index (χ3n) is 2.78. The Morgan fingerprint density at radius 3 is 2.21 bits per heavy atom. The fourth-order valence-corrected chi connectivity index (χ4v) is 2.11. The quantitative estimate of drug-likeness (QED) is 0.822. The van der Waals surface area contributed by atoms with E-state index in [1.807, 2.05) is 0 Å². The van der Waals surface area contributed by atoms with Crippen LogP contribution >= 0.6 is 11.6 Å². The number of aryl methyl sites for hydroxylation is 1. The summed E-state index contributed by atoms with van der Waals surface area (Å²) in [5, 5.41) is 10.3. The second kappa shape index (κ2) is 5.23. The van der Waals surface area contributed by atoms with E-state index < -0.39 is 23.6 Å². The number of benzene rings is 2. The van der Waals surface area contributed by atoms with E-state index in [-0.39, 0.29) is 16.1 Å². The first-order valence-corrected chi connectivity index (χ1v) is 5.86. The molecular formula is C14H10ClF3O. The molecule has 5 heteroatoms. The highest BCUT2D eigenvalue weighted by atomic mass is 35.5. The van der Waals surface area contributed by atoms with E-state index in [1.165, 1.54) is 6.07 Å². The molecule has 0 saturated heterocycles. The van der Waals surface area contributed by atoms with Gasteiger partial charge in [-0.2, -0.15) is 0 Å². The molecule has 0 amide bonds. The number of rotatable bonds is 2. The number of hydrogen-bond donors (Lipinski definition) is 1. The molecule has 0 spiro atoms. The summed E-state index contributed by atoms with van der Waals surface area (Å²) < 4.78 is 39.5. The topological polar surface area (TPSA) is 20.2 Å². The maximum Gasteiger partial charge on any atom is 0.161 e. The highest BCUT2D eigenvalue weighted by Gasteiger charge is 2.20. The smallest absolute Gasteiger partial charge is 0.161 e. The fourth-order valence-electron chi connectivity index (χ4n) is 1.77. The summed E-state index contributed by atoms with van der Waals surface area (Å²) in [7, 11) is 0. The van der Waals surface area contributed by atoms with E-state index in [0.717, 1.165) is 5.56 Å². The minimum atomic E-state index is -1.46. The van der Waals surface area contributed by atoms with Crippen LogP contribution in [-0.4, -0.2) is 5.11 Å². The lowest BCUT2D eigenvalue weighted by atomic mass is 9.99. The van der Waals surface area contributed by atoms with E-state index in [9.17, 15) is 18.3 Å². The molecule has 1 unspecified atom stereocenters. The zero-order valence-corrected chi connectivity index (χ0v) is 10.7. The van der Waals surface area contributed by atoms with Crippen LogP contribution in [-0.2, 0) is 0 Å². The Labute approximate surface area is 113 Å². The lowest BCUT2D eigenvalue weighted by molar-refractivity contribution is 0.214. The first-order chi connectivity index (χ1) is 8.90. The van der Waals surface area contributed by atoms with Gasteiger partial charge in [0.15, 0.2) is 11.6 Å². The van der Waals surface area contributed by atoms with Crippen LogP contribution in [0.5, 0.6) is 0 Å². The van der Waals surface area contributed by atoms with Gasteiger partial charge >= 0.3 is 0 Å². The van der Waals surface area contributed by atoms with Crippen molar-refractivity contribution in [1.29, 1.82) is 0 Å². The maximum absolute atomic E-state index is 13.6. The van der Waals surface area contributed by atoms with Crippen molar-refractivity contribution in [2.45, 2.75) is 13.0 Å². The van der Waals surface area contributed by atoms with Crippen molar-refractivity contribution in [3.63, 3.8) is 0 Å². The van der Waals surface area contributed by atoms with Crippen molar-refractivity contribution in [3.05, 3.63) is 69.5 Å². The van der Waals surface area contributed by atoms with E-state index in [0.29, 0.717) is 12.1 Å². The van der Waals surface area contributed by atoms with Crippen molar-refractivity contribution < 1.29 is 18.3 Å². The predicted molar refractivity (Wildman–Crippen MR) is 66.6 cm³/mol. The van der Waals surface area contributed by atoms with Crippen molar-refractivity contribution in [2.24, 2.45) is 0 Å². The van der Waals surface area contributed by atoms with Crippen LogP contribution in [0.25, 0.3) is 0 Å². The van der Waals surface area contributed by atoms with Crippen LogP contribution < -0.4 is 0 Å². The Kier molecular flexibility index (Phi) is 3.83. The number of hydrogen-bond acceptors (Lipinski definition) is 1. The van der Waals surface area contributed by atoms with Gasteiger partial charge in [0.25, 0.3) is 0 Å². The van der Waals surface area contributed by atoms with Crippen molar-refractivity contribution in [3.8, 4) is 0 Å². The predicted octanol–water partition coefficient (Wildman–Crippen LogP) is 4.15. The number of halogens is 4. The minimum absolute atomic E-state index is 0.233. The summed E-state index contributed by atoms with van der Waals surface area (Å²) in [5.74, 6) is -3.55. The molecule has 2 rings (SSSR count). The van der Waals surface area contributed by atoms with Gasteiger partial charge in [0.05, 0.1) is 0 Å². The third kappa shape index (κ3) is 2.74. The van der Waals surface area contributed by atoms with Crippen LogP contribution in [0.15, 0.2) is 30.3 Å². The molecule has 1 nitrogen and oxygen atoms in total. The van der Waals surface area contributed by atoms with Gasteiger partial charge in [0.2, 0.25) is 0 Å². The largest absolute Gasteiger partial charge is 0.383 e. The van der Waals surface area contributed by atoms with Crippen molar-refractivity contribution >= 4 is 11.6 Å². The average Bonchev–Trinajstić information content (AvgIpc) is 2.33. The van der Waals surface area contributed by atoms with E-state index in [2.05, 4.69) is 0 Å². The van der Waals surface area contributed by atoms with Crippen molar-refractivity contribution in [1.82, 2.24) is 0 Å². The Morgan fingerprint density at radius 1 is 0.947 bits per heavy atom. The summed E-state index contributed by atoms with van der Waals surface area (Å²) in [6, 6.07) is 5.82. The van der Waals surface area contributed by atoms with Gasteiger partial charge in [-0.1, -0.05) is 23.7 Å². The average molecular weight is 287 g/mol. The first kappa shape index (κ1) is 13.9. The molecule has 100 valence electrons. The summed E-state index contributed by atoms with van der Waals surface area (Å²) in [5.41, 5.74) is 0.744. The molecule has 2 aromatic rings. The monoisotopic (exact) mass is 286 g/mol. The summed E-state index contributed by atoms with van der Waals surface area (Å²) in [6.07, 6.45) is -1.46. The standard InChI is InChI=1S/C14H10ClF3O/c1-7-2-3-8(10(15)4-7)14(19)9-5-12(17)13(18)6-11(9)16/h2-6,14,19H,1H3. The molecule has 0 heterocycles. The first-order valence-electron chi connectivity index (χ1n) is 5.48. The molecule has 0 aromatic heterocycles. The minimum Gasteiger partial charge on any atom is -0.383 e. The highest BCUT2D eigenvalue weighted by Crippen LogP contribution is 2.31. The van der Waals surface area contributed by atoms with Gasteiger partial charge in [0.1, 0.15) is 11.9 Å². The molecule has 19 heavy (non-hydrogen) atoms. The number of aliphatic hydroxyl groups excluding tert-OH is 1. The number of aliphatic hydroxyl groups is 1. The van der Waals surface area contributed by atoms with Gasteiger partial charge in [-0.3, -0.25) is 0 Å². The zero-order chi connectivity index (χ0) is 14.2. The lowest BCUT2D eigenvalue weighted by Crippen LogP contribution is -2.05. The van der Waals surface area contributed by atoms with E-state index in [1.54, 1.807) is 19.1 Å². The molecule has 0 aliphatic carbocycles. The van der Waals surface area contributed by atoms with Gasteiger partial charge in [-0.05, 0) is 24.6 Å². The molecule has 1 atom stereocenters. The maximum atomic E-state index is 13.6. The van der Waals surface area contributed by atoms with Gasteiger partial charge < -0.3 is 5.11 Å². The molecule has 0 aliphatic rings. The van der Waals surface area contributed by atoms with Crippen LogP contribution in [0.1, 0.15) is 22.8 Å². The lowest BCUT2D eigenvalue weighted by Gasteiger charge is -2.14. The zero-order valence-electron chi connectivity index (χ0n) is 9.92. The molecule has 2 aromatic carbocycles. The summed E-state index contributed by atoms with van der Waals surface area (Å²) in [6.45, 7) is 1.81. The van der Waals surface area contributed by atoms with Gasteiger partial charge in [-0.25, -0.2) is 13.2 Å². The molecule has 0 aliphatic heterocycles. The fraction of sp³-hybridized carbons (Fsp3) is 0.143. The molecule has 1 N–H and O–H groups in total. The molecule has 0 saturated carbocycles. The highest BCUT2D eigenvalue weighted by molar-refractivity contribution is 6.31. The van der Waals surface area contributed by atoms with Crippen LogP contribution in [0.3, 0.4) is 0 Å². The van der Waals surface area contributed by atoms with Crippen LogP contribution in [0.2, 0.25) is 5.02 Å². The van der Waals surface area contributed by atoms with Crippen LogP contribution in [0.4, 0.5) is 13.2 Å². The SMILES string of the molecule is Cc1ccc(C(O)c2cc(F)c(F)cc2F)c(Cl)c1. The third-order valence-corrected chi connectivity index (χ3v) is 3.11. The second-order valence-corrected chi connectivity index (χ2v) is 4.62. The van der Waals surface area contributed by atoms with Gasteiger partial charge in [-0.15, -0.1) is 0 Å². The van der Waals surface area contributed by atoms with E-state index in [4.69, 9.17) is 11.6 Å². The summed E-state index contributed by atoms with van der Waals surface area (Å²) >= 11 is 5.95. The Balaban J connectivity index is 2.49. The van der Waals surface area contributed by atoms with Gasteiger partial charge in [0, 0.05) is 22.2 Å².